The van der Waals surface area contributed by atoms with Gasteiger partial charge in [0, 0.05) is 51.5 Å². The Balaban J connectivity index is 1.77. The maximum atomic E-state index is 12.6. The van der Waals surface area contributed by atoms with Crippen molar-refractivity contribution in [1.29, 1.82) is 0 Å². The van der Waals surface area contributed by atoms with Crippen LogP contribution >= 0.6 is 0 Å². The number of hydrogen-bond donors (Lipinski definition) is 1. The van der Waals surface area contributed by atoms with Crippen molar-refractivity contribution in [3.8, 4) is 0 Å². The largest absolute Gasteiger partial charge is 0.352 e. The molecule has 1 saturated carbocycles. The standard InChI is InChI=1S/C17H27N3O3/c1-3-8-18-16(22)14-4-6-15(7-5-14)17(23)20-11-9-19(10-12-20)13(2)21/h3,14-15H,1,4-12H2,2H3,(H,18,22). The van der Waals surface area contributed by atoms with E-state index in [0.717, 1.165) is 25.7 Å². The molecule has 0 aromatic carbocycles. The van der Waals surface area contributed by atoms with Gasteiger partial charge in [0.2, 0.25) is 17.7 Å². The Morgan fingerprint density at radius 1 is 1.00 bits per heavy atom. The van der Waals surface area contributed by atoms with E-state index in [9.17, 15) is 14.4 Å². The van der Waals surface area contributed by atoms with E-state index in [1.54, 1.807) is 17.9 Å². The minimum Gasteiger partial charge on any atom is -0.352 e. The molecule has 0 spiro atoms. The number of hydrogen-bond acceptors (Lipinski definition) is 3. The lowest BCUT2D eigenvalue weighted by Gasteiger charge is -2.37. The monoisotopic (exact) mass is 321 g/mol. The number of rotatable bonds is 4. The topological polar surface area (TPSA) is 69.7 Å². The molecular weight excluding hydrogens is 294 g/mol. The zero-order valence-electron chi connectivity index (χ0n) is 13.9. The average Bonchev–Trinajstić information content (AvgIpc) is 2.59. The molecule has 2 rings (SSSR count). The first-order valence-corrected chi connectivity index (χ1v) is 8.45. The molecule has 6 heteroatoms. The first kappa shape index (κ1) is 17.5. The molecule has 3 amide bonds. The summed E-state index contributed by atoms with van der Waals surface area (Å²) in [5.74, 6) is 0.392. The molecule has 128 valence electrons. The molecule has 0 aromatic rings. The molecule has 1 saturated heterocycles. The number of carbonyl (C=O) groups is 3. The van der Waals surface area contributed by atoms with Crippen LogP contribution in [-0.4, -0.2) is 60.2 Å². The van der Waals surface area contributed by atoms with Crippen LogP contribution in [0.5, 0.6) is 0 Å². The summed E-state index contributed by atoms with van der Waals surface area (Å²) in [6.45, 7) is 8.15. The molecule has 1 aliphatic heterocycles. The molecule has 6 nitrogen and oxygen atoms in total. The Kier molecular flexibility index (Phi) is 6.19. The van der Waals surface area contributed by atoms with E-state index in [0.29, 0.717) is 32.7 Å². The van der Waals surface area contributed by atoms with Crippen LogP contribution < -0.4 is 5.32 Å². The molecule has 2 fully saturated rings. The zero-order chi connectivity index (χ0) is 16.8. The molecule has 2 aliphatic rings. The van der Waals surface area contributed by atoms with Crippen LogP contribution in [0.3, 0.4) is 0 Å². The lowest BCUT2D eigenvalue weighted by atomic mass is 9.81. The second-order valence-corrected chi connectivity index (χ2v) is 6.41. The summed E-state index contributed by atoms with van der Waals surface area (Å²) in [7, 11) is 0. The average molecular weight is 321 g/mol. The minimum atomic E-state index is 0.0218. The van der Waals surface area contributed by atoms with Crippen LogP contribution in [0.25, 0.3) is 0 Å². The Labute approximate surface area is 137 Å². The van der Waals surface area contributed by atoms with Gasteiger partial charge in [-0.3, -0.25) is 14.4 Å². The normalized spacial score (nSPS) is 24.9. The van der Waals surface area contributed by atoms with Crippen molar-refractivity contribution in [2.45, 2.75) is 32.6 Å². The van der Waals surface area contributed by atoms with Crippen LogP contribution in [-0.2, 0) is 14.4 Å². The van der Waals surface area contributed by atoms with Gasteiger partial charge < -0.3 is 15.1 Å². The third-order valence-electron chi connectivity index (χ3n) is 4.90. The quantitative estimate of drug-likeness (QED) is 0.778. The number of nitrogens with zero attached hydrogens (tertiary/aromatic N) is 2. The summed E-state index contributed by atoms with van der Waals surface area (Å²) in [5, 5.41) is 2.84. The van der Waals surface area contributed by atoms with Gasteiger partial charge in [0.25, 0.3) is 0 Å². The first-order chi connectivity index (χ1) is 11.0. The van der Waals surface area contributed by atoms with Gasteiger partial charge in [0.1, 0.15) is 0 Å². The highest BCUT2D eigenvalue weighted by Crippen LogP contribution is 2.30. The first-order valence-electron chi connectivity index (χ1n) is 8.45. The van der Waals surface area contributed by atoms with E-state index in [2.05, 4.69) is 11.9 Å². The van der Waals surface area contributed by atoms with Crippen molar-refractivity contribution in [3.05, 3.63) is 12.7 Å². The molecule has 1 heterocycles. The molecule has 0 atom stereocenters. The molecule has 0 bridgehead atoms. The van der Waals surface area contributed by atoms with Crippen LogP contribution in [0.2, 0.25) is 0 Å². The second-order valence-electron chi connectivity index (χ2n) is 6.41. The molecule has 0 radical (unpaired) electrons. The lowest BCUT2D eigenvalue weighted by Crippen LogP contribution is -2.51. The Bertz CT molecular complexity index is 462. The van der Waals surface area contributed by atoms with Gasteiger partial charge >= 0.3 is 0 Å². The van der Waals surface area contributed by atoms with Gasteiger partial charge in [-0.15, -0.1) is 6.58 Å². The van der Waals surface area contributed by atoms with Gasteiger partial charge in [0.15, 0.2) is 0 Å². The summed E-state index contributed by atoms with van der Waals surface area (Å²) in [6.07, 6.45) is 4.77. The van der Waals surface area contributed by atoms with Crippen LogP contribution in [0.4, 0.5) is 0 Å². The predicted octanol–water partition coefficient (Wildman–Crippen LogP) is 0.786. The third kappa shape index (κ3) is 4.56. The minimum absolute atomic E-state index is 0.0218. The predicted molar refractivity (Wildman–Crippen MR) is 87.5 cm³/mol. The highest BCUT2D eigenvalue weighted by atomic mass is 16.2. The Morgan fingerprint density at radius 2 is 1.52 bits per heavy atom. The van der Waals surface area contributed by atoms with Gasteiger partial charge in [-0.25, -0.2) is 0 Å². The maximum absolute atomic E-state index is 12.6. The second kappa shape index (κ2) is 8.13. The molecule has 0 unspecified atom stereocenters. The number of piperazine rings is 1. The smallest absolute Gasteiger partial charge is 0.225 e. The Morgan fingerprint density at radius 3 is 2.04 bits per heavy atom. The molecular formula is C17H27N3O3. The summed E-state index contributed by atoms with van der Waals surface area (Å²) >= 11 is 0. The summed E-state index contributed by atoms with van der Waals surface area (Å²) in [4.78, 5) is 39.5. The van der Waals surface area contributed by atoms with E-state index in [-0.39, 0.29) is 29.6 Å². The molecule has 23 heavy (non-hydrogen) atoms. The fourth-order valence-electron chi connectivity index (χ4n) is 3.42. The van der Waals surface area contributed by atoms with Crippen molar-refractivity contribution in [1.82, 2.24) is 15.1 Å². The fraction of sp³-hybridized carbons (Fsp3) is 0.706. The molecule has 0 aromatic heterocycles. The number of nitrogens with one attached hydrogen (secondary N) is 1. The van der Waals surface area contributed by atoms with Crippen molar-refractivity contribution in [2.24, 2.45) is 11.8 Å². The van der Waals surface area contributed by atoms with Crippen molar-refractivity contribution < 1.29 is 14.4 Å². The summed E-state index contributed by atoms with van der Waals surface area (Å²) < 4.78 is 0. The highest BCUT2D eigenvalue weighted by Gasteiger charge is 2.33. The van der Waals surface area contributed by atoms with Crippen molar-refractivity contribution in [2.75, 3.05) is 32.7 Å². The van der Waals surface area contributed by atoms with Gasteiger partial charge in [-0.2, -0.15) is 0 Å². The maximum Gasteiger partial charge on any atom is 0.225 e. The van der Waals surface area contributed by atoms with Crippen LogP contribution in [0.15, 0.2) is 12.7 Å². The number of amides is 3. The van der Waals surface area contributed by atoms with Gasteiger partial charge in [-0.05, 0) is 25.7 Å². The third-order valence-corrected chi connectivity index (χ3v) is 4.90. The van der Waals surface area contributed by atoms with E-state index in [1.165, 1.54) is 0 Å². The van der Waals surface area contributed by atoms with E-state index >= 15 is 0 Å². The number of carbonyl (C=O) groups excluding carboxylic acids is 3. The van der Waals surface area contributed by atoms with Crippen molar-refractivity contribution in [3.63, 3.8) is 0 Å². The van der Waals surface area contributed by atoms with Gasteiger partial charge in [0.05, 0.1) is 0 Å². The Hall–Kier alpha value is -1.85. The molecule has 1 N–H and O–H groups in total. The van der Waals surface area contributed by atoms with Crippen LogP contribution in [0, 0.1) is 11.8 Å². The highest BCUT2D eigenvalue weighted by molar-refractivity contribution is 5.81. The van der Waals surface area contributed by atoms with Gasteiger partial charge in [-0.1, -0.05) is 6.08 Å². The fourth-order valence-corrected chi connectivity index (χ4v) is 3.42. The van der Waals surface area contributed by atoms with Crippen LogP contribution in [0.1, 0.15) is 32.6 Å². The lowest BCUT2D eigenvalue weighted by molar-refractivity contribution is -0.143. The SMILES string of the molecule is C=CCNC(=O)C1CCC(C(=O)N2CCN(C(C)=O)CC2)CC1. The zero-order valence-corrected chi connectivity index (χ0v) is 13.9. The summed E-state index contributed by atoms with van der Waals surface area (Å²) in [5.41, 5.74) is 0. The molecule has 1 aliphatic carbocycles. The summed E-state index contributed by atoms with van der Waals surface area (Å²) in [6, 6.07) is 0. The van der Waals surface area contributed by atoms with E-state index < -0.39 is 0 Å². The van der Waals surface area contributed by atoms with E-state index in [1.807, 2.05) is 4.90 Å². The van der Waals surface area contributed by atoms with Crippen molar-refractivity contribution >= 4 is 17.7 Å². The van der Waals surface area contributed by atoms with E-state index in [4.69, 9.17) is 0 Å².